The molecule has 0 aliphatic heterocycles. The molecule has 1 aromatic heterocycles. The second-order valence-corrected chi connectivity index (χ2v) is 6.72. The van der Waals surface area contributed by atoms with Gasteiger partial charge in [0, 0.05) is 18.3 Å². The summed E-state index contributed by atoms with van der Waals surface area (Å²) in [5, 5.41) is 7.77. The van der Waals surface area contributed by atoms with Crippen LogP contribution in [0.3, 0.4) is 0 Å². The number of nitrogens with zero attached hydrogens (tertiary/aromatic N) is 2. The maximum Gasteiger partial charge on any atom is 0.228 e. The Balaban J connectivity index is 1.83. The molecule has 1 N–H and O–H groups in total. The predicted octanol–water partition coefficient (Wildman–Crippen LogP) is 3.34. The summed E-state index contributed by atoms with van der Waals surface area (Å²) in [6.45, 7) is 5.97. The highest BCUT2D eigenvalue weighted by Gasteiger charge is 2.41. The van der Waals surface area contributed by atoms with Gasteiger partial charge in [-0.25, -0.2) is 0 Å². The summed E-state index contributed by atoms with van der Waals surface area (Å²) in [7, 11) is 1.92. The van der Waals surface area contributed by atoms with Crippen molar-refractivity contribution in [1.82, 2.24) is 15.1 Å². The Hall–Kier alpha value is -2.10. The van der Waals surface area contributed by atoms with Gasteiger partial charge in [0.2, 0.25) is 5.91 Å². The lowest BCUT2D eigenvalue weighted by Crippen LogP contribution is -2.51. The van der Waals surface area contributed by atoms with Gasteiger partial charge in [-0.05, 0) is 45.6 Å². The van der Waals surface area contributed by atoms with Crippen LogP contribution in [0, 0.1) is 13.8 Å². The first-order valence-electron chi connectivity index (χ1n) is 8.32. The molecule has 4 heteroatoms. The molecule has 0 bridgehead atoms. The highest BCUT2D eigenvalue weighted by atomic mass is 16.2. The van der Waals surface area contributed by atoms with Gasteiger partial charge >= 0.3 is 0 Å². The van der Waals surface area contributed by atoms with E-state index in [0.29, 0.717) is 0 Å². The minimum Gasteiger partial charge on any atom is -0.346 e. The number of hydrogen-bond donors (Lipinski definition) is 1. The number of amides is 1. The molecule has 1 fully saturated rings. The molecule has 4 nitrogen and oxygen atoms in total. The Morgan fingerprint density at radius 1 is 1.26 bits per heavy atom. The number of aromatic nitrogens is 2. The van der Waals surface area contributed by atoms with Gasteiger partial charge in [-0.1, -0.05) is 30.3 Å². The van der Waals surface area contributed by atoms with Crippen molar-refractivity contribution in [2.45, 2.75) is 51.5 Å². The summed E-state index contributed by atoms with van der Waals surface area (Å²) in [5.74, 6) is -0.0994. The summed E-state index contributed by atoms with van der Waals surface area (Å²) in [6, 6.07) is 10.3. The van der Waals surface area contributed by atoms with Crippen LogP contribution in [0.4, 0.5) is 0 Å². The molecule has 1 unspecified atom stereocenters. The maximum atomic E-state index is 12.9. The summed E-state index contributed by atoms with van der Waals surface area (Å²) in [6.07, 6.45) is 3.19. The molecule has 3 rings (SSSR count). The molecular formula is C19H25N3O. The van der Waals surface area contributed by atoms with Crippen molar-refractivity contribution in [2.24, 2.45) is 7.05 Å². The Labute approximate surface area is 137 Å². The zero-order valence-corrected chi connectivity index (χ0v) is 14.4. The number of benzene rings is 1. The fourth-order valence-corrected chi connectivity index (χ4v) is 3.67. The van der Waals surface area contributed by atoms with E-state index in [0.717, 1.165) is 36.2 Å². The minimum absolute atomic E-state index is 0.0905. The average molecular weight is 311 g/mol. The molecule has 0 radical (unpaired) electrons. The van der Waals surface area contributed by atoms with Crippen LogP contribution in [-0.2, 0) is 17.4 Å². The van der Waals surface area contributed by atoms with Crippen molar-refractivity contribution in [3.8, 4) is 0 Å². The van der Waals surface area contributed by atoms with Crippen LogP contribution in [0.1, 0.15) is 54.6 Å². The molecule has 1 aliphatic rings. The lowest BCUT2D eigenvalue weighted by atomic mass is 9.71. The molecule has 2 aromatic rings. The zero-order valence-electron chi connectivity index (χ0n) is 14.4. The standard InChI is InChI=1S/C19H25N3O/c1-13(17-14(2)21-22(4)15(17)3)18(23)20-19(11-8-12-19)16-9-6-5-7-10-16/h5-7,9-10,13H,8,11-12H2,1-4H3,(H,20,23). The lowest BCUT2D eigenvalue weighted by Gasteiger charge is -2.43. The lowest BCUT2D eigenvalue weighted by molar-refractivity contribution is -0.125. The number of hydrogen-bond acceptors (Lipinski definition) is 2. The molecule has 122 valence electrons. The minimum atomic E-state index is -0.190. The van der Waals surface area contributed by atoms with Crippen LogP contribution in [0.2, 0.25) is 0 Å². The van der Waals surface area contributed by atoms with Crippen LogP contribution < -0.4 is 5.32 Å². The number of rotatable bonds is 4. The Kier molecular flexibility index (Phi) is 4.00. The second kappa shape index (κ2) is 5.84. The van der Waals surface area contributed by atoms with Gasteiger partial charge in [-0.2, -0.15) is 5.10 Å². The van der Waals surface area contributed by atoms with Crippen LogP contribution in [0.5, 0.6) is 0 Å². The highest BCUT2D eigenvalue weighted by Crippen LogP contribution is 2.41. The SMILES string of the molecule is Cc1nn(C)c(C)c1C(C)C(=O)NC1(c2ccccc2)CCC1. The number of carbonyl (C=O) groups is 1. The monoisotopic (exact) mass is 311 g/mol. The van der Waals surface area contributed by atoms with Crippen LogP contribution in [0.25, 0.3) is 0 Å². The number of nitrogens with one attached hydrogen (secondary N) is 1. The van der Waals surface area contributed by atoms with Crippen molar-refractivity contribution in [1.29, 1.82) is 0 Å². The van der Waals surface area contributed by atoms with Crippen molar-refractivity contribution < 1.29 is 4.79 Å². The molecule has 0 spiro atoms. The molecule has 1 aromatic carbocycles. The molecule has 1 saturated carbocycles. The van der Waals surface area contributed by atoms with Gasteiger partial charge in [-0.15, -0.1) is 0 Å². The topological polar surface area (TPSA) is 46.9 Å². The Morgan fingerprint density at radius 2 is 1.91 bits per heavy atom. The number of aryl methyl sites for hydroxylation is 2. The van der Waals surface area contributed by atoms with Crippen LogP contribution in [-0.4, -0.2) is 15.7 Å². The average Bonchev–Trinajstić information content (AvgIpc) is 2.76. The second-order valence-electron chi connectivity index (χ2n) is 6.72. The fraction of sp³-hybridized carbons (Fsp3) is 0.474. The third-order valence-electron chi connectivity index (χ3n) is 5.29. The maximum absolute atomic E-state index is 12.9. The first kappa shape index (κ1) is 15.8. The van der Waals surface area contributed by atoms with Gasteiger partial charge < -0.3 is 5.32 Å². The Morgan fingerprint density at radius 3 is 2.39 bits per heavy atom. The summed E-state index contributed by atoms with van der Waals surface area (Å²) in [5.41, 5.74) is 4.08. The van der Waals surface area contributed by atoms with E-state index in [-0.39, 0.29) is 17.4 Å². The first-order chi connectivity index (χ1) is 10.9. The van der Waals surface area contributed by atoms with E-state index >= 15 is 0 Å². The van der Waals surface area contributed by atoms with E-state index in [1.807, 2.05) is 50.7 Å². The van der Waals surface area contributed by atoms with E-state index in [2.05, 4.69) is 22.5 Å². The molecule has 23 heavy (non-hydrogen) atoms. The van der Waals surface area contributed by atoms with Crippen LogP contribution >= 0.6 is 0 Å². The normalized spacial score (nSPS) is 17.4. The smallest absolute Gasteiger partial charge is 0.228 e. The van der Waals surface area contributed by atoms with E-state index < -0.39 is 0 Å². The van der Waals surface area contributed by atoms with Gasteiger partial charge in [0.1, 0.15) is 0 Å². The molecule has 1 heterocycles. The first-order valence-corrected chi connectivity index (χ1v) is 8.32. The highest BCUT2D eigenvalue weighted by molar-refractivity contribution is 5.84. The molecule has 0 saturated heterocycles. The van der Waals surface area contributed by atoms with Crippen molar-refractivity contribution in [3.63, 3.8) is 0 Å². The largest absolute Gasteiger partial charge is 0.346 e. The summed E-state index contributed by atoms with van der Waals surface area (Å²) < 4.78 is 1.85. The van der Waals surface area contributed by atoms with Crippen molar-refractivity contribution in [3.05, 3.63) is 52.8 Å². The van der Waals surface area contributed by atoms with Gasteiger partial charge in [0.15, 0.2) is 0 Å². The van der Waals surface area contributed by atoms with Gasteiger partial charge in [0.25, 0.3) is 0 Å². The summed E-state index contributed by atoms with van der Waals surface area (Å²) in [4.78, 5) is 12.9. The van der Waals surface area contributed by atoms with Gasteiger partial charge in [-0.3, -0.25) is 9.48 Å². The predicted molar refractivity (Wildman–Crippen MR) is 91.2 cm³/mol. The quantitative estimate of drug-likeness (QED) is 0.941. The van der Waals surface area contributed by atoms with E-state index in [1.165, 1.54) is 5.56 Å². The van der Waals surface area contributed by atoms with Gasteiger partial charge in [0.05, 0.1) is 17.2 Å². The molecule has 1 aliphatic carbocycles. The van der Waals surface area contributed by atoms with E-state index in [4.69, 9.17) is 0 Å². The Bertz CT molecular complexity index is 714. The number of carbonyl (C=O) groups excluding carboxylic acids is 1. The van der Waals surface area contributed by atoms with Crippen LogP contribution in [0.15, 0.2) is 30.3 Å². The third kappa shape index (κ3) is 2.67. The molecule has 1 atom stereocenters. The molecule has 1 amide bonds. The van der Waals surface area contributed by atoms with E-state index in [9.17, 15) is 4.79 Å². The third-order valence-corrected chi connectivity index (χ3v) is 5.29. The summed E-state index contributed by atoms with van der Waals surface area (Å²) >= 11 is 0. The van der Waals surface area contributed by atoms with Crippen molar-refractivity contribution in [2.75, 3.05) is 0 Å². The van der Waals surface area contributed by atoms with E-state index in [1.54, 1.807) is 0 Å². The fourth-order valence-electron chi connectivity index (χ4n) is 3.67. The molecular weight excluding hydrogens is 286 g/mol. The zero-order chi connectivity index (χ0) is 16.6. The van der Waals surface area contributed by atoms with Crippen molar-refractivity contribution >= 4 is 5.91 Å².